The van der Waals surface area contributed by atoms with Crippen LogP contribution in [0.4, 0.5) is 4.79 Å². The summed E-state index contributed by atoms with van der Waals surface area (Å²) in [6.45, 7) is 12.9. The van der Waals surface area contributed by atoms with Crippen molar-refractivity contribution in [2.45, 2.75) is 65.2 Å². The van der Waals surface area contributed by atoms with Gasteiger partial charge in [-0.1, -0.05) is 0 Å². The lowest BCUT2D eigenvalue weighted by Crippen LogP contribution is -2.60. The first-order valence-corrected chi connectivity index (χ1v) is 7.38. The quantitative estimate of drug-likeness (QED) is 0.867. The summed E-state index contributed by atoms with van der Waals surface area (Å²) in [5, 5.41) is 8.87. The summed E-state index contributed by atoms with van der Waals surface area (Å²) in [4.78, 5) is 27.0. The monoisotopic (exact) mass is 300 g/mol. The molecule has 0 saturated carbocycles. The molecule has 6 heteroatoms. The van der Waals surface area contributed by atoms with Crippen molar-refractivity contribution in [3.63, 3.8) is 0 Å². The molecule has 1 aliphatic heterocycles. The number of urea groups is 1. The maximum Gasteiger partial charge on any atom is 0.320 e. The molecule has 0 aromatic heterocycles. The molecule has 0 aliphatic carbocycles. The zero-order chi connectivity index (χ0) is 16.4. The van der Waals surface area contributed by atoms with E-state index >= 15 is 0 Å². The second kappa shape index (κ2) is 6.22. The molecule has 122 valence electrons. The Kier molecular flexibility index (Phi) is 5.25. The highest BCUT2D eigenvalue weighted by atomic mass is 16.5. The predicted octanol–water partition coefficient (Wildman–Crippen LogP) is 2.18. The van der Waals surface area contributed by atoms with Crippen LogP contribution in [0.1, 0.15) is 48.0 Å². The lowest BCUT2D eigenvalue weighted by Gasteiger charge is -2.46. The average Bonchev–Trinajstić information content (AvgIpc) is 2.23. The second-order valence-electron chi connectivity index (χ2n) is 7.32. The number of carboxylic acids is 1. The number of carbonyl (C=O) groups excluding carboxylic acids is 1. The number of hydrogen-bond donors (Lipinski definition) is 1. The molecule has 1 heterocycles. The lowest BCUT2D eigenvalue weighted by molar-refractivity contribution is -0.137. The Morgan fingerprint density at radius 1 is 1.38 bits per heavy atom. The van der Waals surface area contributed by atoms with Crippen molar-refractivity contribution in [1.29, 1.82) is 0 Å². The molecule has 1 N–H and O–H groups in total. The standard InChI is InChI=1S/C15H28N2O4/c1-11-9-16(10-15(5,6)21-11)13(20)17(14(2,3)4)8-7-12(18)19/h11H,7-10H2,1-6H3,(H,18,19). The van der Waals surface area contributed by atoms with Crippen molar-refractivity contribution in [1.82, 2.24) is 9.80 Å². The SMILES string of the molecule is CC1CN(C(=O)N(CCC(=O)O)C(C)(C)C)CC(C)(C)O1. The number of hydrogen-bond acceptors (Lipinski definition) is 3. The first-order valence-electron chi connectivity index (χ1n) is 7.38. The Bertz CT molecular complexity index is 401. The summed E-state index contributed by atoms with van der Waals surface area (Å²) in [5.41, 5.74) is -0.804. The van der Waals surface area contributed by atoms with Gasteiger partial charge in [-0.25, -0.2) is 4.79 Å². The van der Waals surface area contributed by atoms with Gasteiger partial charge in [-0.15, -0.1) is 0 Å². The number of amides is 2. The minimum Gasteiger partial charge on any atom is -0.481 e. The normalized spacial score (nSPS) is 22.0. The van der Waals surface area contributed by atoms with Crippen molar-refractivity contribution in [2.24, 2.45) is 0 Å². The van der Waals surface area contributed by atoms with Gasteiger partial charge in [0, 0.05) is 18.6 Å². The van der Waals surface area contributed by atoms with E-state index in [2.05, 4.69) is 0 Å². The van der Waals surface area contributed by atoms with Gasteiger partial charge in [0.25, 0.3) is 0 Å². The molecule has 0 aromatic rings. The summed E-state index contributed by atoms with van der Waals surface area (Å²) in [6, 6.07) is -0.119. The van der Waals surface area contributed by atoms with E-state index < -0.39 is 11.5 Å². The predicted molar refractivity (Wildman–Crippen MR) is 80.3 cm³/mol. The fourth-order valence-electron chi connectivity index (χ4n) is 2.70. The summed E-state index contributed by atoms with van der Waals surface area (Å²) in [5.74, 6) is -0.896. The van der Waals surface area contributed by atoms with Gasteiger partial charge < -0.3 is 19.6 Å². The van der Waals surface area contributed by atoms with Crippen LogP contribution < -0.4 is 0 Å². The van der Waals surface area contributed by atoms with Crippen molar-refractivity contribution in [2.75, 3.05) is 19.6 Å². The number of ether oxygens (including phenoxy) is 1. The molecule has 1 fully saturated rings. The molecule has 0 aromatic carbocycles. The number of aliphatic carboxylic acids is 1. The van der Waals surface area contributed by atoms with Crippen LogP contribution in [0.25, 0.3) is 0 Å². The van der Waals surface area contributed by atoms with Gasteiger partial charge in [0.1, 0.15) is 0 Å². The van der Waals surface area contributed by atoms with E-state index in [0.29, 0.717) is 13.1 Å². The fraction of sp³-hybridized carbons (Fsp3) is 0.867. The Morgan fingerprint density at radius 3 is 2.38 bits per heavy atom. The van der Waals surface area contributed by atoms with Crippen LogP contribution in [0.5, 0.6) is 0 Å². The third-order valence-corrected chi connectivity index (χ3v) is 3.43. The van der Waals surface area contributed by atoms with Crippen LogP contribution in [0.2, 0.25) is 0 Å². The molecule has 0 bridgehead atoms. The van der Waals surface area contributed by atoms with Gasteiger partial charge in [-0.2, -0.15) is 0 Å². The minimum atomic E-state index is -0.896. The summed E-state index contributed by atoms with van der Waals surface area (Å²) in [7, 11) is 0. The zero-order valence-corrected chi connectivity index (χ0v) is 14.0. The lowest BCUT2D eigenvalue weighted by atomic mass is 10.0. The first kappa shape index (κ1) is 17.8. The topological polar surface area (TPSA) is 70.1 Å². The average molecular weight is 300 g/mol. The number of nitrogens with zero attached hydrogens (tertiary/aromatic N) is 2. The highest BCUT2D eigenvalue weighted by Crippen LogP contribution is 2.24. The van der Waals surface area contributed by atoms with Crippen molar-refractivity contribution < 1.29 is 19.4 Å². The van der Waals surface area contributed by atoms with Crippen LogP contribution in [0, 0.1) is 0 Å². The Balaban J connectivity index is 2.86. The highest BCUT2D eigenvalue weighted by Gasteiger charge is 2.38. The largest absolute Gasteiger partial charge is 0.481 e. The molecular weight excluding hydrogens is 272 g/mol. The van der Waals surface area contributed by atoms with E-state index in [4.69, 9.17) is 9.84 Å². The Morgan fingerprint density at radius 2 is 1.95 bits per heavy atom. The van der Waals surface area contributed by atoms with Crippen LogP contribution in [0.3, 0.4) is 0 Å². The molecule has 2 amide bonds. The summed E-state index contributed by atoms with van der Waals surface area (Å²) in [6.07, 6.45) is -0.0780. The molecule has 1 atom stereocenters. The van der Waals surface area contributed by atoms with Crippen LogP contribution in [0.15, 0.2) is 0 Å². The van der Waals surface area contributed by atoms with Crippen molar-refractivity contribution in [3.05, 3.63) is 0 Å². The molecule has 0 spiro atoms. The third-order valence-electron chi connectivity index (χ3n) is 3.43. The molecule has 6 nitrogen and oxygen atoms in total. The van der Waals surface area contributed by atoms with E-state index in [9.17, 15) is 9.59 Å². The highest BCUT2D eigenvalue weighted by molar-refractivity contribution is 5.76. The van der Waals surface area contributed by atoms with Crippen LogP contribution in [-0.4, -0.2) is 63.8 Å². The van der Waals surface area contributed by atoms with E-state index in [-0.39, 0.29) is 30.7 Å². The Hall–Kier alpha value is -1.30. The molecule has 0 radical (unpaired) electrons. The number of carboxylic acid groups (broad SMARTS) is 1. The number of carbonyl (C=O) groups is 2. The van der Waals surface area contributed by atoms with Gasteiger partial charge in [-0.05, 0) is 41.5 Å². The number of morpholine rings is 1. The van der Waals surface area contributed by atoms with Crippen molar-refractivity contribution in [3.8, 4) is 0 Å². The van der Waals surface area contributed by atoms with Gasteiger partial charge >= 0.3 is 12.0 Å². The van der Waals surface area contributed by atoms with Crippen LogP contribution in [-0.2, 0) is 9.53 Å². The minimum absolute atomic E-state index is 0.0287. The summed E-state index contributed by atoms with van der Waals surface area (Å²) >= 11 is 0. The van der Waals surface area contributed by atoms with E-state index in [1.54, 1.807) is 9.80 Å². The fourth-order valence-corrected chi connectivity index (χ4v) is 2.70. The van der Waals surface area contributed by atoms with E-state index in [0.717, 1.165) is 0 Å². The molecule has 1 aliphatic rings. The molecule has 1 rings (SSSR count). The van der Waals surface area contributed by atoms with Crippen molar-refractivity contribution >= 4 is 12.0 Å². The molecule has 1 saturated heterocycles. The van der Waals surface area contributed by atoms with E-state index in [1.807, 2.05) is 41.5 Å². The smallest absolute Gasteiger partial charge is 0.320 e. The van der Waals surface area contributed by atoms with Gasteiger partial charge in [0.05, 0.1) is 24.7 Å². The first-order chi connectivity index (χ1) is 9.42. The third kappa shape index (κ3) is 5.19. The summed E-state index contributed by atoms with van der Waals surface area (Å²) < 4.78 is 5.81. The Labute approximate surface area is 127 Å². The maximum atomic E-state index is 12.8. The van der Waals surface area contributed by atoms with Crippen LogP contribution >= 0.6 is 0 Å². The molecule has 21 heavy (non-hydrogen) atoms. The van der Waals surface area contributed by atoms with Gasteiger partial charge in [-0.3, -0.25) is 4.79 Å². The molecule has 1 unspecified atom stereocenters. The van der Waals surface area contributed by atoms with Gasteiger partial charge in [0.15, 0.2) is 0 Å². The van der Waals surface area contributed by atoms with E-state index in [1.165, 1.54) is 0 Å². The van der Waals surface area contributed by atoms with Gasteiger partial charge in [0.2, 0.25) is 0 Å². The number of rotatable bonds is 3. The maximum absolute atomic E-state index is 12.8. The zero-order valence-electron chi connectivity index (χ0n) is 14.0. The molecular formula is C15H28N2O4. The second-order valence-corrected chi connectivity index (χ2v) is 7.32.